The van der Waals surface area contributed by atoms with Crippen LogP contribution in [0.15, 0.2) is 30.3 Å². The molecule has 118 valence electrons. The van der Waals surface area contributed by atoms with E-state index < -0.39 is 13.9 Å². The summed E-state index contributed by atoms with van der Waals surface area (Å²) < 4.78 is 15.3. The Kier molecular flexibility index (Phi) is 7.61. The second-order valence-electron chi connectivity index (χ2n) is 4.77. The van der Waals surface area contributed by atoms with Crippen LogP contribution in [0.4, 0.5) is 0 Å². The van der Waals surface area contributed by atoms with Gasteiger partial charge in [-0.3, -0.25) is 9.32 Å². The molecule has 0 unspecified atom stereocenters. The Hall–Kier alpha value is -1.20. The third-order valence-electron chi connectivity index (χ3n) is 2.95. The average molecular weight is 315 g/mol. The minimum absolute atomic E-state index is 0.147. The number of amides is 1. The van der Waals surface area contributed by atoms with Crippen LogP contribution in [0.5, 0.6) is 0 Å². The predicted molar refractivity (Wildman–Crippen MR) is 79.5 cm³/mol. The number of phosphoric acid groups is 1. The lowest BCUT2D eigenvalue weighted by atomic mass is 10.1. The van der Waals surface area contributed by atoms with Crippen LogP contribution in [-0.4, -0.2) is 22.3 Å². The Labute approximate surface area is 124 Å². The molecule has 0 aliphatic rings. The Morgan fingerprint density at radius 3 is 2.52 bits per heavy atom. The van der Waals surface area contributed by atoms with Crippen molar-refractivity contribution in [1.29, 1.82) is 0 Å². The summed E-state index contributed by atoms with van der Waals surface area (Å²) in [4.78, 5) is 29.5. The van der Waals surface area contributed by atoms with Crippen molar-refractivity contribution in [3.63, 3.8) is 0 Å². The first kappa shape index (κ1) is 17.9. The van der Waals surface area contributed by atoms with Gasteiger partial charge in [0.2, 0.25) is 5.91 Å². The van der Waals surface area contributed by atoms with Crippen molar-refractivity contribution in [2.24, 2.45) is 0 Å². The predicted octanol–water partition coefficient (Wildman–Crippen LogP) is 2.53. The largest absolute Gasteiger partial charge is 0.469 e. The maximum absolute atomic E-state index is 11.9. The van der Waals surface area contributed by atoms with Gasteiger partial charge in [-0.2, -0.15) is 0 Å². The molecule has 0 bridgehead atoms. The van der Waals surface area contributed by atoms with Crippen molar-refractivity contribution >= 4 is 13.7 Å². The van der Waals surface area contributed by atoms with Crippen LogP contribution in [0.1, 0.15) is 44.2 Å². The summed E-state index contributed by atoms with van der Waals surface area (Å²) in [6.07, 6.45) is 3.19. The molecule has 1 aromatic carbocycles. The van der Waals surface area contributed by atoms with Crippen LogP contribution >= 0.6 is 7.82 Å². The summed E-state index contributed by atoms with van der Waals surface area (Å²) in [6.45, 7) is 1.78. The highest BCUT2D eigenvalue weighted by molar-refractivity contribution is 7.46. The van der Waals surface area contributed by atoms with E-state index in [0.717, 1.165) is 24.8 Å². The quantitative estimate of drug-likeness (QED) is 0.481. The smallest absolute Gasteiger partial charge is 0.347 e. The van der Waals surface area contributed by atoms with Gasteiger partial charge in [-0.1, -0.05) is 50.1 Å². The van der Waals surface area contributed by atoms with Crippen LogP contribution in [-0.2, 0) is 13.9 Å². The third kappa shape index (κ3) is 7.97. The molecule has 0 saturated carbocycles. The summed E-state index contributed by atoms with van der Waals surface area (Å²) >= 11 is 0. The van der Waals surface area contributed by atoms with Crippen LogP contribution in [0.25, 0.3) is 0 Å². The molecule has 1 rings (SSSR count). The monoisotopic (exact) mass is 315 g/mol. The van der Waals surface area contributed by atoms with E-state index in [2.05, 4.69) is 16.8 Å². The maximum atomic E-state index is 11.9. The van der Waals surface area contributed by atoms with Crippen molar-refractivity contribution in [3.8, 4) is 0 Å². The fourth-order valence-corrected chi connectivity index (χ4v) is 2.22. The van der Waals surface area contributed by atoms with E-state index in [4.69, 9.17) is 9.79 Å². The SMILES string of the molecule is CCCCCC(=O)N[C@@H](COP(=O)(O)O)c1ccccc1. The van der Waals surface area contributed by atoms with E-state index in [0.29, 0.717) is 6.42 Å². The molecule has 0 fully saturated rings. The molecule has 1 aromatic rings. The van der Waals surface area contributed by atoms with Crippen LogP contribution in [0.2, 0.25) is 0 Å². The summed E-state index contributed by atoms with van der Waals surface area (Å²) in [5.74, 6) is -0.147. The summed E-state index contributed by atoms with van der Waals surface area (Å²) in [7, 11) is -4.56. The highest BCUT2D eigenvalue weighted by Gasteiger charge is 2.20. The minimum Gasteiger partial charge on any atom is -0.347 e. The lowest BCUT2D eigenvalue weighted by Crippen LogP contribution is -2.31. The first-order valence-corrected chi connectivity index (χ1v) is 8.50. The highest BCUT2D eigenvalue weighted by Crippen LogP contribution is 2.37. The number of nitrogens with one attached hydrogen (secondary N) is 1. The second-order valence-corrected chi connectivity index (χ2v) is 6.01. The second kappa shape index (κ2) is 8.95. The van der Waals surface area contributed by atoms with Gasteiger partial charge >= 0.3 is 7.82 Å². The number of phosphoric ester groups is 1. The average Bonchev–Trinajstić information content (AvgIpc) is 2.43. The van der Waals surface area contributed by atoms with Gasteiger partial charge in [0.05, 0.1) is 12.6 Å². The van der Waals surface area contributed by atoms with Gasteiger partial charge in [-0.05, 0) is 12.0 Å². The molecular formula is C14H22NO5P. The summed E-state index contributed by atoms with van der Waals surface area (Å²) in [6, 6.07) is 8.40. The lowest BCUT2D eigenvalue weighted by molar-refractivity contribution is -0.122. The van der Waals surface area contributed by atoms with Crippen LogP contribution in [0.3, 0.4) is 0 Å². The Balaban J connectivity index is 2.64. The molecule has 0 radical (unpaired) electrons. The highest BCUT2D eigenvalue weighted by atomic mass is 31.2. The number of unbranched alkanes of at least 4 members (excludes halogenated alkanes) is 2. The standard InChI is InChI=1S/C14H22NO5P/c1-2-3-5-10-14(16)15-13(11-20-21(17,18)19)12-8-6-4-7-9-12/h4,6-9,13H,2-3,5,10-11H2,1H3,(H,15,16)(H2,17,18,19)/t13-/m0/s1. The number of rotatable bonds is 9. The van der Waals surface area contributed by atoms with E-state index in [9.17, 15) is 9.36 Å². The molecule has 0 saturated heterocycles. The molecule has 0 aliphatic carbocycles. The summed E-state index contributed by atoms with van der Waals surface area (Å²) in [5.41, 5.74) is 0.745. The van der Waals surface area contributed by atoms with Gasteiger partial charge in [0, 0.05) is 6.42 Å². The first-order valence-electron chi connectivity index (χ1n) is 6.96. The zero-order chi connectivity index (χ0) is 15.7. The van der Waals surface area contributed by atoms with Crippen LogP contribution < -0.4 is 5.32 Å². The molecule has 0 aromatic heterocycles. The van der Waals surface area contributed by atoms with Gasteiger partial charge < -0.3 is 15.1 Å². The van der Waals surface area contributed by atoms with E-state index >= 15 is 0 Å². The van der Waals surface area contributed by atoms with Crippen molar-refractivity contribution in [3.05, 3.63) is 35.9 Å². The molecule has 0 aliphatic heterocycles. The Bertz CT molecular complexity index is 474. The fourth-order valence-electron chi connectivity index (χ4n) is 1.88. The van der Waals surface area contributed by atoms with Gasteiger partial charge in [-0.25, -0.2) is 4.57 Å². The van der Waals surface area contributed by atoms with Crippen molar-refractivity contribution in [2.75, 3.05) is 6.61 Å². The lowest BCUT2D eigenvalue weighted by Gasteiger charge is -2.19. The molecule has 0 heterocycles. The van der Waals surface area contributed by atoms with Gasteiger partial charge in [-0.15, -0.1) is 0 Å². The Morgan fingerprint density at radius 2 is 1.95 bits per heavy atom. The molecular weight excluding hydrogens is 293 g/mol. The molecule has 3 N–H and O–H groups in total. The zero-order valence-electron chi connectivity index (χ0n) is 12.1. The molecule has 6 nitrogen and oxygen atoms in total. The number of carbonyl (C=O) groups is 1. The normalized spacial score (nSPS) is 12.9. The first-order chi connectivity index (χ1) is 9.92. The number of carbonyl (C=O) groups excluding carboxylic acids is 1. The third-order valence-corrected chi connectivity index (χ3v) is 3.44. The van der Waals surface area contributed by atoms with Crippen LogP contribution in [0, 0.1) is 0 Å². The van der Waals surface area contributed by atoms with Gasteiger partial charge in [0.25, 0.3) is 0 Å². The van der Waals surface area contributed by atoms with E-state index in [1.807, 2.05) is 6.07 Å². The topological polar surface area (TPSA) is 95.9 Å². The van der Waals surface area contributed by atoms with Crippen molar-refractivity contribution < 1.29 is 23.7 Å². The minimum atomic E-state index is -4.56. The molecule has 1 amide bonds. The van der Waals surface area contributed by atoms with E-state index in [1.54, 1.807) is 24.3 Å². The number of hydrogen-bond acceptors (Lipinski definition) is 3. The Morgan fingerprint density at radius 1 is 1.29 bits per heavy atom. The van der Waals surface area contributed by atoms with Gasteiger partial charge in [0.1, 0.15) is 0 Å². The van der Waals surface area contributed by atoms with E-state index in [1.165, 1.54) is 0 Å². The number of benzene rings is 1. The van der Waals surface area contributed by atoms with Crippen molar-refractivity contribution in [1.82, 2.24) is 5.32 Å². The fraction of sp³-hybridized carbons (Fsp3) is 0.500. The van der Waals surface area contributed by atoms with Crippen molar-refractivity contribution in [2.45, 2.75) is 38.6 Å². The maximum Gasteiger partial charge on any atom is 0.469 e. The number of hydrogen-bond donors (Lipinski definition) is 3. The van der Waals surface area contributed by atoms with E-state index in [-0.39, 0.29) is 12.5 Å². The molecule has 21 heavy (non-hydrogen) atoms. The zero-order valence-corrected chi connectivity index (χ0v) is 13.0. The molecule has 0 spiro atoms. The van der Waals surface area contributed by atoms with Gasteiger partial charge in [0.15, 0.2) is 0 Å². The molecule has 7 heteroatoms. The molecule has 1 atom stereocenters. The summed E-state index contributed by atoms with van der Waals surface area (Å²) in [5, 5.41) is 2.76.